The maximum absolute atomic E-state index is 12.4. The molecule has 9 heteroatoms. The van der Waals surface area contributed by atoms with Crippen molar-refractivity contribution in [1.82, 2.24) is 14.7 Å². The van der Waals surface area contributed by atoms with E-state index in [0.717, 1.165) is 39.0 Å². The highest BCUT2D eigenvalue weighted by Crippen LogP contribution is 2.19. The molecule has 1 atom stereocenters. The molecule has 2 aliphatic heterocycles. The van der Waals surface area contributed by atoms with E-state index >= 15 is 0 Å². The maximum atomic E-state index is 12.4. The van der Waals surface area contributed by atoms with Crippen molar-refractivity contribution >= 4 is 27.3 Å². The zero-order chi connectivity index (χ0) is 17.7. The van der Waals surface area contributed by atoms with Crippen molar-refractivity contribution in [3.8, 4) is 0 Å². The molecule has 2 fully saturated rings. The lowest BCUT2D eigenvalue weighted by molar-refractivity contribution is -0.140. The number of likely N-dealkylation sites (tertiary alicyclic amines) is 1. The SMILES string of the molecule is O=C(CCN1CCCO1)N1CCC[C@H](CNS(=O)(=O)c2cccs2)C1. The van der Waals surface area contributed by atoms with Crippen LogP contribution in [0.25, 0.3) is 0 Å². The first-order chi connectivity index (χ1) is 12.0. The Morgan fingerprint density at radius 2 is 2.24 bits per heavy atom. The van der Waals surface area contributed by atoms with Gasteiger partial charge in [0, 0.05) is 39.1 Å². The van der Waals surface area contributed by atoms with Crippen molar-refractivity contribution in [2.75, 3.05) is 39.3 Å². The third-order valence-corrected chi connectivity index (χ3v) is 7.42. The second kappa shape index (κ2) is 8.59. The molecule has 140 valence electrons. The first-order valence-corrected chi connectivity index (χ1v) is 11.1. The van der Waals surface area contributed by atoms with E-state index in [4.69, 9.17) is 4.84 Å². The number of hydrogen-bond donors (Lipinski definition) is 1. The number of hydrogen-bond acceptors (Lipinski definition) is 6. The monoisotopic (exact) mass is 387 g/mol. The second-order valence-electron chi connectivity index (χ2n) is 6.50. The summed E-state index contributed by atoms with van der Waals surface area (Å²) < 4.78 is 27.4. The number of piperidine rings is 1. The van der Waals surface area contributed by atoms with Crippen LogP contribution in [0.1, 0.15) is 25.7 Å². The molecule has 0 bridgehead atoms. The van der Waals surface area contributed by atoms with Crippen molar-refractivity contribution < 1.29 is 18.0 Å². The molecule has 0 unspecified atom stereocenters. The van der Waals surface area contributed by atoms with E-state index in [0.29, 0.717) is 30.3 Å². The first kappa shape index (κ1) is 18.8. The van der Waals surface area contributed by atoms with Gasteiger partial charge in [0.05, 0.1) is 6.61 Å². The zero-order valence-electron chi connectivity index (χ0n) is 14.2. The number of carbonyl (C=O) groups is 1. The van der Waals surface area contributed by atoms with E-state index in [9.17, 15) is 13.2 Å². The van der Waals surface area contributed by atoms with E-state index in [-0.39, 0.29) is 11.8 Å². The second-order valence-corrected chi connectivity index (χ2v) is 9.44. The maximum Gasteiger partial charge on any atom is 0.250 e. The third-order valence-electron chi connectivity index (χ3n) is 4.59. The van der Waals surface area contributed by atoms with Gasteiger partial charge < -0.3 is 4.90 Å². The van der Waals surface area contributed by atoms with Crippen LogP contribution in [0.5, 0.6) is 0 Å². The summed E-state index contributed by atoms with van der Waals surface area (Å²) >= 11 is 1.21. The van der Waals surface area contributed by atoms with Crippen molar-refractivity contribution in [2.24, 2.45) is 5.92 Å². The van der Waals surface area contributed by atoms with Crippen LogP contribution >= 0.6 is 11.3 Å². The predicted molar refractivity (Wildman–Crippen MR) is 95.6 cm³/mol. The van der Waals surface area contributed by atoms with Crippen molar-refractivity contribution in [3.05, 3.63) is 17.5 Å². The number of nitrogens with zero attached hydrogens (tertiary/aromatic N) is 2. The lowest BCUT2D eigenvalue weighted by atomic mass is 9.98. The molecule has 1 amide bonds. The van der Waals surface area contributed by atoms with E-state index in [1.165, 1.54) is 11.3 Å². The molecular formula is C16H25N3O4S2. The van der Waals surface area contributed by atoms with Crippen LogP contribution in [0.15, 0.2) is 21.7 Å². The molecule has 0 aliphatic carbocycles. The Bertz CT molecular complexity index is 657. The summed E-state index contributed by atoms with van der Waals surface area (Å²) in [5, 5.41) is 3.61. The first-order valence-electron chi connectivity index (χ1n) is 8.73. The van der Waals surface area contributed by atoms with Crippen LogP contribution in [-0.2, 0) is 19.7 Å². The average molecular weight is 388 g/mol. The van der Waals surface area contributed by atoms with E-state index < -0.39 is 10.0 Å². The molecule has 0 radical (unpaired) electrons. The molecule has 0 spiro atoms. The molecular weight excluding hydrogens is 362 g/mol. The molecule has 1 N–H and O–H groups in total. The summed E-state index contributed by atoms with van der Waals surface area (Å²) in [6.45, 7) is 4.01. The Hall–Kier alpha value is -1.000. The molecule has 0 saturated carbocycles. The van der Waals surface area contributed by atoms with Gasteiger partial charge in [-0.15, -0.1) is 11.3 Å². The zero-order valence-corrected chi connectivity index (χ0v) is 15.9. The number of carbonyl (C=O) groups excluding carboxylic acids is 1. The third kappa shape index (κ3) is 5.24. The largest absolute Gasteiger partial charge is 0.342 e. The summed E-state index contributed by atoms with van der Waals surface area (Å²) in [5.74, 6) is 0.289. The molecule has 3 heterocycles. The predicted octanol–water partition coefficient (Wildman–Crippen LogP) is 1.29. The van der Waals surface area contributed by atoms with Gasteiger partial charge in [0.2, 0.25) is 15.9 Å². The van der Waals surface area contributed by atoms with Crippen LogP contribution in [0, 0.1) is 5.92 Å². The molecule has 1 aromatic heterocycles. The molecule has 1 aromatic rings. The van der Waals surface area contributed by atoms with Gasteiger partial charge in [-0.2, -0.15) is 5.06 Å². The molecule has 25 heavy (non-hydrogen) atoms. The molecule has 2 saturated heterocycles. The van der Waals surface area contributed by atoms with Crippen molar-refractivity contribution in [2.45, 2.75) is 29.9 Å². The summed E-state index contributed by atoms with van der Waals surface area (Å²) in [6, 6.07) is 3.33. The fraction of sp³-hybridized carbons (Fsp3) is 0.688. The quantitative estimate of drug-likeness (QED) is 0.763. The Kier molecular flexibility index (Phi) is 6.45. The highest BCUT2D eigenvalue weighted by molar-refractivity contribution is 7.91. The standard InChI is InChI=1S/C16H25N3O4S2/c20-15(6-9-19-8-3-10-23-19)18-7-1-4-14(13-18)12-17-25(21,22)16-5-2-11-24-16/h2,5,11,14,17H,1,3-4,6-10,12-13H2/t14-/m1/s1. The van der Waals surface area contributed by atoms with Crippen LogP contribution in [0.4, 0.5) is 0 Å². The van der Waals surface area contributed by atoms with Gasteiger partial charge >= 0.3 is 0 Å². The van der Waals surface area contributed by atoms with Crippen molar-refractivity contribution in [3.63, 3.8) is 0 Å². The number of amides is 1. The fourth-order valence-electron chi connectivity index (χ4n) is 3.23. The highest BCUT2D eigenvalue weighted by atomic mass is 32.2. The summed E-state index contributed by atoms with van der Waals surface area (Å²) in [7, 11) is -3.43. The number of hydroxylamine groups is 2. The van der Waals surface area contributed by atoms with E-state index in [1.807, 2.05) is 9.96 Å². The minimum Gasteiger partial charge on any atom is -0.342 e. The average Bonchev–Trinajstić information content (AvgIpc) is 3.32. The summed E-state index contributed by atoms with van der Waals surface area (Å²) in [6.07, 6.45) is 3.32. The van der Waals surface area contributed by atoms with Crippen LogP contribution in [0.2, 0.25) is 0 Å². The van der Waals surface area contributed by atoms with Gasteiger partial charge in [-0.1, -0.05) is 6.07 Å². The normalized spacial score (nSPS) is 22.4. The van der Waals surface area contributed by atoms with Crippen LogP contribution < -0.4 is 4.72 Å². The van der Waals surface area contributed by atoms with Gasteiger partial charge in [-0.3, -0.25) is 9.63 Å². The number of rotatable bonds is 7. The Morgan fingerprint density at radius 1 is 1.36 bits per heavy atom. The molecule has 2 aliphatic rings. The number of sulfonamides is 1. The van der Waals surface area contributed by atoms with Crippen molar-refractivity contribution in [1.29, 1.82) is 0 Å². The number of nitrogens with one attached hydrogen (secondary N) is 1. The Labute approximate surface area is 152 Å². The fourth-order valence-corrected chi connectivity index (χ4v) is 5.38. The van der Waals surface area contributed by atoms with Crippen LogP contribution in [-0.4, -0.2) is 63.6 Å². The number of thiophene rings is 1. The summed E-state index contributed by atoms with van der Waals surface area (Å²) in [5.41, 5.74) is 0. The topological polar surface area (TPSA) is 79.0 Å². The van der Waals surface area contributed by atoms with Gasteiger partial charge in [0.1, 0.15) is 4.21 Å². The van der Waals surface area contributed by atoms with E-state index in [1.54, 1.807) is 17.5 Å². The lowest BCUT2D eigenvalue weighted by Gasteiger charge is -2.33. The van der Waals surface area contributed by atoms with Gasteiger partial charge in [0.25, 0.3) is 0 Å². The van der Waals surface area contributed by atoms with Crippen LogP contribution in [0.3, 0.4) is 0 Å². The highest BCUT2D eigenvalue weighted by Gasteiger charge is 2.26. The smallest absolute Gasteiger partial charge is 0.250 e. The van der Waals surface area contributed by atoms with Gasteiger partial charge in [0.15, 0.2) is 0 Å². The molecule has 0 aromatic carbocycles. The Balaban J connectivity index is 1.45. The lowest BCUT2D eigenvalue weighted by Crippen LogP contribution is -2.44. The van der Waals surface area contributed by atoms with Gasteiger partial charge in [-0.05, 0) is 36.6 Å². The van der Waals surface area contributed by atoms with Gasteiger partial charge in [-0.25, -0.2) is 13.1 Å². The molecule has 7 nitrogen and oxygen atoms in total. The summed E-state index contributed by atoms with van der Waals surface area (Å²) in [4.78, 5) is 19.7. The van der Waals surface area contributed by atoms with E-state index in [2.05, 4.69) is 4.72 Å². The minimum absolute atomic E-state index is 0.126. The molecule has 3 rings (SSSR count). The minimum atomic E-state index is -3.43. The Morgan fingerprint density at radius 3 is 2.96 bits per heavy atom.